The van der Waals surface area contributed by atoms with Gasteiger partial charge in [-0.05, 0) is 13.8 Å². The van der Waals surface area contributed by atoms with Crippen LogP contribution in [0.5, 0.6) is 0 Å². The van der Waals surface area contributed by atoms with Crippen LogP contribution in [-0.4, -0.2) is 19.9 Å². The van der Waals surface area contributed by atoms with Crippen molar-refractivity contribution in [3.05, 3.63) is 28.1 Å². The molecule has 0 unspecified atom stereocenters. The van der Waals surface area contributed by atoms with Gasteiger partial charge in [0.15, 0.2) is 5.65 Å². The largest absolute Gasteiger partial charge is 0.346 e. The maximum atomic E-state index is 10.8. The lowest BCUT2D eigenvalue weighted by Crippen LogP contribution is -2.10. The van der Waals surface area contributed by atoms with Crippen LogP contribution in [-0.2, 0) is 0 Å². The van der Waals surface area contributed by atoms with Gasteiger partial charge in [0.1, 0.15) is 5.52 Å². The van der Waals surface area contributed by atoms with Crippen molar-refractivity contribution in [3.63, 3.8) is 0 Å². The van der Waals surface area contributed by atoms with Crippen LogP contribution in [0.4, 0.5) is 0 Å². The van der Waals surface area contributed by atoms with Gasteiger partial charge < -0.3 is 0 Å². The molecule has 5 nitrogen and oxygen atoms in total. The fourth-order valence-corrected chi connectivity index (χ4v) is 1.06. The smallest absolute Gasteiger partial charge is 0.289 e. The predicted octanol–water partition coefficient (Wildman–Crippen LogP) is 0.330. The lowest BCUT2D eigenvalue weighted by molar-refractivity contribution is 1.03. The molecule has 0 fully saturated rings. The highest BCUT2D eigenvalue weighted by atomic mass is 16.1. The summed E-state index contributed by atoms with van der Waals surface area (Å²) >= 11 is 0. The number of nitrogens with zero attached hydrogens (tertiary/aromatic N) is 3. The minimum absolute atomic E-state index is 0.398. The van der Waals surface area contributed by atoms with Gasteiger partial charge in [-0.2, -0.15) is 4.98 Å². The molecule has 0 bridgehead atoms. The molecular formula is C8H8N4O. The summed E-state index contributed by atoms with van der Waals surface area (Å²) in [6.45, 7) is 3.72. The van der Waals surface area contributed by atoms with E-state index < -0.39 is 5.69 Å². The highest BCUT2D eigenvalue weighted by Gasteiger charge is 2.01. The van der Waals surface area contributed by atoms with Gasteiger partial charge in [0.05, 0.1) is 17.6 Å². The van der Waals surface area contributed by atoms with Crippen LogP contribution in [0.15, 0.2) is 11.0 Å². The molecule has 0 amide bonds. The predicted molar refractivity (Wildman–Crippen MR) is 47.4 cm³/mol. The monoisotopic (exact) mass is 176 g/mol. The fraction of sp³-hybridized carbons (Fsp3) is 0.250. The van der Waals surface area contributed by atoms with Gasteiger partial charge in [0.25, 0.3) is 0 Å². The van der Waals surface area contributed by atoms with E-state index in [-0.39, 0.29) is 0 Å². The molecule has 0 aromatic carbocycles. The Kier molecular flexibility index (Phi) is 1.58. The number of nitrogens with one attached hydrogen (secondary N) is 1. The molecule has 2 rings (SSSR count). The first kappa shape index (κ1) is 7.85. The maximum Gasteiger partial charge on any atom is 0.346 e. The first-order valence-corrected chi connectivity index (χ1v) is 3.87. The summed E-state index contributed by atoms with van der Waals surface area (Å²) in [5, 5.41) is 0. The molecular weight excluding hydrogens is 168 g/mol. The number of fused-ring (bicyclic) bond motifs is 1. The molecule has 0 aliphatic carbocycles. The molecule has 0 radical (unpaired) electrons. The normalized spacial score (nSPS) is 10.6. The van der Waals surface area contributed by atoms with Gasteiger partial charge in [-0.25, -0.2) is 14.8 Å². The number of aromatic nitrogens is 4. The van der Waals surface area contributed by atoms with Crippen molar-refractivity contribution in [1.82, 2.24) is 19.9 Å². The molecule has 13 heavy (non-hydrogen) atoms. The van der Waals surface area contributed by atoms with Gasteiger partial charge in [-0.3, -0.25) is 4.98 Å². The average Bonchev–Trinajstić information content (AvgIpc) is 2.08. The van der Waals surface area contributed by atoms with E-state index in [9.17, 15) is 4.79 Å². The molecule has 5 heteroatoms. The van der Waals surface area contributed by atoms with Crippen LogP contribution in [0.2, 0.25) is 0 Å². The zero-order valence-electron chi connectivity index (χ0n) is 7.33. The average molecular weight is 176 g/mol. The molecule has 2 aromatic rings. The number of aromatic amines is 1. The number of rotatable bonds is 0. The molecule has 0 spiro atoms. The number of hydrogen-bond acceptors (Lipinski definition) is 4. The molecule has 2 aromatic heterocycles. The van der Waals surface area contributed by atoms with E-state index in [1.807, 2.05) is 13.8 Å². The first-order chi connectivity index (χ1) is 6.16. The van der Waals surface area contributed by atoms with Gasteiger partial charge >= 0.3 is 5.69 Å². The summed E-state index contributed by atoms with van der Waals surface area (Å²) in [7, 11) is 0. The zero-order valence-corrected chi connectivity index (χ0v) is 7.33. The fourth-order valence-electron chi connectivity index (χ4n) is 1.06. The Morgan fingerprint density at radius 1 is 1.23 bits per heavy atom. The topological polar surface area (TPSA) is 71.5 Å². The Morgan fingerprint density at radius 2 is 1.92 bits per heavy atom. The Morgan fingerprint density at radius 3 is 2.69 bits per heavy atom. The number of hydrogen-bond donors (Lipinski definition) is 1. The van der Waals surface area contributed by atoms with Gasteiger partial charge in [0, 0.05) is 0 Å². The lowest BCUT2D eigenvalue weighted by Gasteiger charge is -1.99. The third-order valence-electron chi connectivity index (χ3n) is 1.86. The quantitative estimate of drug-likeness (QED) is 0.627. The summed E-state index contributed by atoms with van der Waals surface area (Å²) < 4.78 is 0. The third-order valence-corrected chi connectivity index (χ3v) is 1.86. The first-order valence-electron chi connectivity index (χ1n) is 3.87. The lowest BCUT2D eigenvalue weighted by atomic mass is 10.3. The molecule has 0 saturated carbocycles. The van der Waals surface area contributed by atoms with Crippen molar-refractivity contribution in [3.8, 4) is 0 Å². The van der Waals surface area contributed by atoms with Crippen LogP contribution < -0.4 is 5.69 Å². The van der Waals surface area contributed by atoms with E-state index in [0.717, 1.165) is 11.4 Å². The Balaban J connectivity index is 2.89. The van der Waals surface area contributed by atoms with Crippen molar-refractivity contribution >= 4 is 11.2 Å². The van der Waals surface area contributed by atoms with E-state index in [0.29, 0.717) is 11.2 Å². The minimum atomic E-state index is -0.398. The summed E-state index contributed by atoms with van der Waals surface area (Å²) in [4.78, 5) is 25.3. The second-order valence-corrected chi connectivity index (χ2v) is 2.82. The van der Waals surface area contributed by atoms with Crippen molar-refractivity contribution in [1.29, 1.82) is 0 Å². The summed E-state index contributed by atoms with van der Waals surface area (Å²) in [5.74, 6) is 0. The van der Waals surface area contributed by atoms with Gasteiger partial charge in [-0.1, -0.05) is 0 Å². The molecule has 0 aliphatic heterocycles. The van der Waals surface area contributed by atoms with E-state index in [1.165, 1.54) is 6.20 Å². The summed E-state index contributed by atoms with van der Waals surface area (Å²) in [6.07, 6.45) is 1.42. The highest BCUT2D eigenvalue weighted by Crippen LogP contribution is 2.05. The third kappa shape index (κ3) is 1.28. The minimum Gasteiger partial charge on any atom is -0.289 e. The molecule has 2 heterocycles. The maximum absolute atomic E-state index is 10.8. The van der Waals surface area contributed by atoms with Crippen molar-refractivity contribution in [2.75, 3.05) is 0 Å². The van der Waals surface area contributed by atoms with Crippen LogP contribution in [0, 0.1) is 13.8 Å². The molecule has 0 aliphatic rings. The Hall–Kier alpha value is -1.78. The highest BCUT2D eigenvalue weighted by molar-refractivity contribution is 5.67. The van der Waals surface area contributed by atoms with Crippen LogP contribution in [0.1, 0.15) is 11.4 Å². The number of aryl methyl sites for hydroxylation is 2. The van der Waals surface area contributed by atoms with Crippen molar-refractivity contribution in [2.24, 2.45) is 0 Å². The van der Waals surface area contributed by atoms with E-state index >= 15 is 0 Å². The van der Waals surface area contributed by atoms with E-state index in [4.69, 9.17) is 0 Å². The van der Waals surface area contributed by atoms with E-state index in [1.54, 1.807) is 0 Å². The molecule has 0 saturated heterocycles. The molecule has 66 valence electrons. The SMILES string of the molecule is Cc1nc2cnc(=O)[nH]c2nc1C. The Bertz CT molecular complexity index is 517. The second kappa shape index (κ2) is 2.62. The van der Waals surface area contributed by atoms with Crippen LogP contribution in [0.25, 0.3) is 11.2 Å². The van der Waals surface area contributed by atoms with Crippen LogP contribution >= 0.6 is 0 Å². The molecule has 0 atom stereocenters. The van der Waals surface area contributed by atoms with E-state index in [2.05, 4.69) is 19.9 Å². The number of H-pyrrole nitrogens is 1. The standard InChI is InChI=1S/C8H8N4O/c1-4-5(2)11-7-6(10-4)3-9-8(13)12-7/h3H,1-2H3,(H,9,11,12,13). The van der Waals surface area contributed by atoms with Crippen molar-refractivity contribution in [2.45, 2.75) is 13.8 Å². The summed E-state index contributed by atoms with van der Waals surface area (Å²) in [5.41, 5.74) is 2.37. The molecule has 1 N–H and O–H groups in total. The zero-order chi connectivity index (χ0) is 9.42. The van der Waals surface area contributed by atoms with Crippen LogP contribution in [0.3, 0.4) is 0 Å². The Labute approximate surface area is 73.9 Å². The second-order valence-electron chi connectivity index (χ2n) is 2.82. The van der Waals surface area contributed by atoms with Crippen molar-refractivity contribution < 1.29 is 0 Å². The van der Waals surface area contributed by atoms with Gasteiger partial charge in [0.2, 0.25) is 0 Å². The van der Waals surface area contributed by atoms with Gasteiger partial charge in [-0.15, -0.1) is 0 Å². The summed E-state index contributed by atoms with van der Waals surface area (Å²) in [6, 6.07) is 0.